The summed E-state index contributed by atoms with van der Waals surface area (Å²) in [5, 5.41) is 16.2. The molecule has 1 N–H and O–H groups in total. The highest BCUT2D eigenvalue weighted by atomic mass is 32.2. The topological polar surface area (TPSA) is 64.9 Å². The van der Waals surface area contributed by atoms with E-state index in [2.05, 4.69) is 34.7 Å². The standard InChI is InChI=1S/C13H25N5OS/c1-11(2)14-7-8-18-13(15-16-17-18)20-10-4-6-12-5-3-9-19-12/h11-12,14H,3-10H2,1-2H3. The fourth-order valence-electron chi connectivity index (χ4n) is 2.25. The predicted octanol–water partition coefficient (Wildman–Crippen LogP) is 1.72. The second-order valence-electron chi connectivity index (χ2n) is 5.42. The van der Waals surface area contributed by atoms with E-state index in [0.717, 1.165) is 43.4 Å². The van der Waals surface area contributed by atoms with Gasteiger partial charge in [0.05, 0.1) is 12.6 Å². The van der Waals surface area contributed by atoms with Crippen LogP contribution in [0.4, 0.5) is 0 Å². The van der Waals surface area contributed by atoms with E-state index < -0.39 is 0 Å². The van der Waals surface area contributed by atoms with Crippen LogP contribution in [-0.2, 0) is 11.3 Å². The molecule has 0 bridgehead atoms. The van der Waals surface area contributed by atoms with E-state index in [4.69, 9.17) is 4.74 Å². The average molecular weight is 299 g/mol. The third kappa shape index (κ3) is 5.38. The van der Waals surface area contributed by atoms with E-state index in [1.165, 1.54) is 12.8 Å². The summed E-state index contributed by atoms with van der Waals surface area (Å²) >= 11 is 1.74. The first-order valence-corrected chi connectivity index (χ1v) is 8.48. The first-order valence-electron chi connectivity index (χ1n) is 7.49. The van der Waals surface area contributed by atoms with Crippen LogP contribution >= 0.6 is 11.8 Å². The number of tetrazole rings is 1. The van der Waals surface area contributed by atoms with Crippen molar-refractivity contribution in [2.24, 2.45) is 0 Å². The maximum atomic E-state index is 5.63. The van der Waals surface area contributed by atoms with Crippen LogP contribution in [0.2, 0.25) is 0 Å². The Morgan fingerprint density at radius 1 is 1.50 bits per heavy atom. The summed E-state index contributed by atoms with van der Waals surface area (Å²) in [5.41, 5.74) is 0. The maximum absolute atomic E-state index is 5.63. The lowest BCUT2D eigenvalue weighted by Gasteiger charge is -2.09. The van der Waals surface area contributed by atoms with Crippen molar-refractivity contribution in [2.75, 3.05) is 18.9 Å². The van der Waals surface area contributed by atoms with Gasteiger partial charge in [0.1, 0.15) is 0 Å². The van der Waals surface area contributed by atoms with E-state index in [9.17, 15) is 0 Å². The number of rotatable bonds is 9. The quantitative estimate of drug-likeness (QED) is 0.553. The zero-order chi connectivity index (χ0) is 14.2. The average Bonchev–Trinajstić information content (AvgIpc) is 3.06. The van der Waals surface area contributed by atoms with Crippen molar-refractivity contribution in [2.45, 2.75) is 63.4 Å². The minimum absolute atomic E-state index is 0.488. The molecule has 1 aromatic rings. The number of hydrogen-bond donors (Lipinski definition) is 1. The summed E-state index contributed by atoms with van der Waals surface area (Å²) in [4.78, 5) is 0. The molecule has 1 aliphatic rings. The van der Waals surface area contributed by atoms with Gasteiger partial charge in [-0.15, -0.1) is 5.10 Å². The first kappa shape index (κ1) is 15.7. The molecule has 0 spiro atoms. The van der Waals surface area contributed by atoms with Gasteiger partial charge in [-0.3, -0.25) is 0 Å². The Bertz CT molecular complexity index is 379. The fourth-order valence-corrected chi connectivity index (χ4v) is 3.11. The molecule has 0 radical (unpaired) electrons. The van der Waals surface area contributed by atoms with Crippen LogP contribution in [0.15, 0.2) is 5.16 Å². The number of aromatic nitrogens is 4. The highest BCUT2D eigenvalue weighted by molar-refractivity contribution is 7.99. The Kier molecular flexibility index (Phi) is 6.75. The molecule has 0 amide bonds. The Hall–Kier alpha value is -0.660. The van der Waals surface area contributed by atoms with E-state index in [1.54, 1.807) is 11.8 Å². The summed E-state index contributed by atoms with van der Waals surface area (Å²) in [6.07, 6.45) is 5.25. The number of thioether (sulfide) groups is 1. The third-order valence-electron chi connectivity index (χ3n) is 3.30. The molecule has 0 aliphatic carbocycles. The lowest BCUT2D eigenvalue weighted by atomic mass is 10.1. The highest BCUT2D eigenvalue weighted by Gasteiger charge is 2.15. The van der Waals surface area contributed by atoms with Crippen LogP contribution in [0.25, 0.3) is 0 Å². The molecule has 1 atom stereocenters. The molecule has 0 aromatic carbocycles. The monoisotopic (exact) mass is 299 g/mol. The van der Waals surface area contributed by atoms with Gasteiger partial charge in [0.2, 0.25) is 5.16 Å². The summed E-state index contributed by atoms with van der Waals surface area (Å²) < 4.78 is 7.51. The largest absolute Gasteiger partial charge is 0.378 e. The molecule has 20 heavy (non-hydrogen) atoms. The van der Waals surface area contributed by atoms with E-state index in [1.807, 2.05) is 4.68 Å². The molecule has 114 valence electrons. The molecule has 2 heterocycles. The van der Waals surface area contributed by atoms with Crippen LogP contribution in [0.5, 0.6) is 0 Å². The molecule has 1 aromatic heterocycles. The molecule has 2 rings (SSSR count). The van der Waals surface area contributed by atoms with Crippen LogP contribution in [0, 0.1) is 0 Å². The first-order chi connectivity index (χ1) is 9.75. The summed E-state index contributed by atoms with van der Waals surface area (Å²) in [7, 11) is 0. The van der Waals surface area contributed by atoms with Crippen LogP contribution in [0.1, 0.15) is 39.5 Å². The Labute approximate surface area is 125 Å². The number of nitrogens with zero attached hydrogens (tertiary/aromatic N) is 4. The van der Waals surface area contributed by atoms with Crippen LogP contribution in [-0.4, -0.2) is 51.3 Å². The van der Waals surface area contributed by atoms with Crippen molar-refractivity contribution in [3.63, 3.8) is 0 Å². The Morgan fingerprint density at radius 2 is 2.40 bits per heavy atom. The van der Waals surface area contributed by atoms with Gasteiger partial charge in [0.15, 0.2) is 0 Å². The van der Waals surface area contributed by atoms with Crippen molar-refractivity contribution >= 4 is 11.8 Å². The maximum Gasteiger partial charge on any atom is 0.209 e. The van der Waals surface area contributed by atoms with E-state index in [0.29, 0.717) is 12.1 Å². The summed E-state index contributed by atoms with van der Waals surface area (Å²) in [5.74, 6) is 1.05. The zero-order valence-corrected chi connectivity index (χ0v) is 13.2. The summed E-state index contributed by atoms with van der Waals surface area (Å²) in [6, 6.07) is 0.494. The third-order valence-corrected chi connectivity index (χ3v) is 4.34. The van der Waals surface area contributed by atoms with Crippen molar-refractivity contribution < 1.29 is 4.74 Å². The molecule has 7 heteroatoms. The van der Waals surface area contributed by atoms with Crippen molar-refractivity contribution in [3.8, 4) is 0 Å². The Balaban J connectivity index is 1.63. The number of nitrogens with one attached hydrogen (secondary N) is 1. The lowest BCUT2D eigenvalue weighted by molar-refractivity contribution is 0.104. The van der Waals surface area contributed by atoms with Gasteiger partial charge in [-0.25, -0.2) is 4.68 Å². The number of hydrogen-bond acceptors (Lipinski definition) is 6. The fraction of sp³-hybridized carbons (Fsp3) is 0.923. The highest BCUT2D eigenvalue weighted by Crippen LogP contribution is 2.20. The second-order valence-corrected chi connectivity index (χ2v) is 6.48. The van der Waals surface area contributed by atoms with Gasteiger partial charge >= 0.3 is 0 Å². The normalized spacial score (nSPS) is 19.1. The Morgan fingerprint density at radius 3 is 3.15 bits per heavy atom. The van der Waals surface area contributed by atoms with Crippen LogP contribution < -0.4 is 5.32 Å². The van der Waals surface area contributed by atoms with Crippen molar-refractivity contribution in [1.82, 2.24) is 25.5 Å². The zero-order valence-electron chi connectivity index (χ0n) is 12.4. The minimum Gasteiger partial charge on any atom is -0.378 e. The minimum atomic E-state index is 0.488. The van der Waals surface area contributed by atoms with Gasteiger partial charge in [0.25, 0.3) is 0 Å². The van der Waals surface area contributed by atoms with Crippen LogP contribution in [0.3, 0.4) is 0 Å². The van der Waals surface area contributed by atoms with Gasteiger partial charge in [-0.1, -0.05) is 25.6 Å². The van der Waals surface area contributed by atoms with Gasteiger partial charge in [-0.2, -0.15) is 0 Å². The molecule has 0 saturated carbocycles. The summed E-state index contributed by atoms with van der Waals surface area (Å²) in [6.45, 7) is 6.94. The van der Waals surface area contributed by atoms with Gasteiger partial charge < -0.3 is 10.1 Å². The smallest absolute Gasteiger partial charge is 0.209 e. The number of ether oxygens (including phenoxy) is 1. The lowest BCUT2D eigenvalue weighted by Crippen LogP contribution is -2.27. The predicted molar refractivity (Wildman–Crippen MR) is 79.9 cm³/mol. The molecular formula is C13H25N5OS. The molecule has 1 saturated heterocycles. The molecular weight excluding hydrogens is 274 g/mol. The second kappa shape index (κ2) is 8.59. The molecule has 1 aliphatic heterocycles. The molecule has 1 fully saturated rings. The van der Waals surface area contributed by atoms with Crippen molar-refractivity contribution in [3.05, 3.63) is 0 Å². The van der Waals surface area contributed by atoms with Gasteiger partial charge in [0, 0.05) is 24.9 Å². The molecule has 1 unspecified atom stereocenters. The SMILES string of the molecule is CC(C)NCCn1nnnc1SCCCC1CCCO1. The van der Waals surface area contributed by atoms with Gasteiger partial charge in [-0.05, 0) is 36.1 Å². The molecule has 6 nitrogen and oxygen atoms in total. The van der Waals surface area contributed by atoms with E-state index >= 15 is 0 Å². The van der Waals surface area contributed by atoms with E-state index in [-0.39, 0.29) is 0 Å². The van der Waals surface area contributed by atoms with Crippen molar-refractivity contribution in [1.29, 1.82) is 0 Å².